The summed E-state index contributed by atoms with van der Waals surface area (Å²) >= 11 is 1.22. The quantitative estimate of drug-likeness (QED) is 0.463. The van der Waals surface area contributed by atoms with E-state index in [-0.39, 0.29) is 34.3 Å². The van der Waals surface area contributed by atoms with Gasteiger partial charge in [0.15, 0.2) is 9.84 Å². The van der Waals surface area contributed by atoms with Crippen LogP contribution in [0.3, 0.4) is 0 Å². The van der Waals surface area contributed by atoms with E-state index in [0.29, 0.717) is 11.4 Å². The van der Waals surface area contributed by atoms with Gasteiger partial charge in [0, 0.05) is 11.3 Å². The highest BCUT2D eigenvalue weighted by Crippen LogP contribution is 2.35. The summed E-state index contributed by atoms with van der Waals surface area (Å²) in [4.78, 5) is 25.9. The molecule has 0 spiro atoms. The summed E-state index contributed by atoms with van der Waals surface area (Å²) in [6, 6.07) is 17.3. The van der Waals surface area contributed by atoms with E-state index >= 15 is 0 Å². The standard InChI is InChI=1S/C23H23NO6S2/c1-29-17-10-12-18(13-11-17)32(27,28)14-6-9-21(25)24-19-15-20(16-7-4-3-5-8-16)31-22(19)23(26)30-2/h3-5,7-8,10-13,15H,6,9,14H2,1-2H3,(H,24,25). The van der Waals surface area contributed by atoms with Gasteiger partial charge < -0.3 is 14.8 Å². The lowest BCUT2D eigenvalue weighted by Gasteiger charge is -2.07. The minimum atomic E-state index is -3.52. The number of sulfone groups is 1. The minimum absolute atomic E-state index is 0.00743. The van der Waals surface area contributed by atoms with Crippen LogP contribution in [0.1, 0.15) is 22.5 Å². The highest BCUT2D eigenvalue weighted by Gasteiger charge is 2.20. The Kier molecular flexibility index (Phi) is 7.66. The van der Waals surface area contributed by atoms with Crippen molar-refractivity contribution in [1.29, 1.82) is 0 Å². The largest absolute Gasteiger partial charge is 0.497 e. The summed E-state index contributed by atoms with van der Waals surface area (Å²) in [5.74, 6) is -0.530. The summed E-state index contributed by atoms with van der Waals surface area (Å²) in [5.41, 5.74) is 1.26. The predicted molar refractivity (Wildman–Crippen MR) is 124 cm³/mol. The number of thiophene rings is 1. The molecule has 0 aliphatic rings. The number of nitrogens with one attached hydrogen (secondary N) is 1. The maximum atomic E-state index is 12.5. The molecule has 0 saturated heterocycles. The van der Waals surface area contributed by atoms with Crippen LogP contribution >= 0.6 is 11.3 Å². The fourth-order valence-corrected chi connectivity index (χ4v) is 5.36. The Morgan fingerprint density at radius 1 is 1.00 bits per heavy atom. The Balaban J connectivity index is 1.65. The van der Waals surface area contributed by atoms with Gasteiger partial charge in [0.1, 0.15) is 10.6 Å². The fourth-order valence-electron chi connectivity index (χ4n) is 3.01. The fraction of sp³-hybridized carbons (Fsp3) is 0.217. The number of rotatable bonds is 9. The van der Waals surface area contributed by atoms with Gasteiger partial charge in [0.25, 0.3) is 0 Å². The zero-order valence-electron chi connectivity index (χ0n) is 17.7. The van der Waals surface area contributed by atoms with Crippen molar-refractivity contribution < 1.29 is 27.5 Å². The molecule has 1 aromatic heterocycles. The Hall–Kier alpha value is -3.17. The molecule has 0 fully saturated rings. The van der Waals surface area contributed by atoms with Gasteiger partial charge in [-0.3, -0.25) is 4.79 Å². The SMILES string of the molecule is COC(=O)c1sc(-c2ccccc2)cc1NC(=O)CCCS(=O)(=O)c1ccc(OC)cc1. The van der Waals surface area contributed by atoms with E-state index in [4.69, 9.17) is 9.47 Å². The molecule has 0 aliphatic heterocycles. The van der Waals surface area contributed by atoms with Crippen molar-refractivity contribution in [3.8, 4) is 16.2 Å². The van der Waals surface area contributed by atoms with Crippen LogP contribution in [0, 0.1) is 0 Å². The number of amides is 1. The van der Waals surface area contributed by atoms with Crippen molar-refractivity contribution in [2.75, 3.05) is 25.3 Å². The third-order valence-electron chi connectivity index (χ3n) is 4.67. The smallest absolute Gasteiger partial charge is 0.350 e. The van der Waals surface area contributed by atoms with E-state index in [2.05, 4.69) is 5.32 Å². The lowest BCUT2D eigenvalue weighted by atomic mass is 10.2. The molecular formula is C23H23NO6S2. The van der Waals surface area contributed by atoms with E-state index in [1.807, 2.05) is 30.3 Å². The first kappa shape index (κ1) is 23.5. The van der Waals surface area contributed by atoms with Crippen LogP contribution in [0.15, 0.2) is 65.6 Å². The van der Waals surface area contributed by atoms with Crippen molar-refractivity contribution in [3.05, 3.63) is 65.5 Å². The number of carbonyl (C=O) groups is 2. The Morgan fingerprint density at radius 3 is 2.31 bits per heavy atom. The van der Waals surface area contributed by atoms with E-state index in [9.17, 15) is 18.0 Å². The Morgan fingerprint density at radius 2 is 1.69 bits per heavy atom. The lowest BCUT2D eigenvalue weighted by Crippen LogP contribution is -2.15. The van der Waals surface area contributed by atoms with Crippen LogP contribution in [-0.4, -0.2) is 40.3 Å². The number of ether oxygens (including phenoxy) is 2. The molecular weight excluding hydrogens is 450 g/mol. The molecule has 2 aromatic carbocycles. The van der Waals surface area contributed by atoms with E-state index in [1.165, 1.54) is 37.7 Å². The summed E-state index contributed by atoms with van der Waals surface area (Å²) in [7, 11) is -0.737. The molecule has 32 heavy (non-hydrogen) atoms. The molecule has 0 atom stereocenters. The molecule has 168 valence electrons. The van der Waals surface area contributed by atoms with Gasteiger partial charge >= 0.3 is 5.97 Å². The van der Waals surface area contributed by atoms with Crippen LogP contribution in [0.2, 0.25) is 0 Å². The molecule has 0 bridgehead atoms. The number of carbonyl (C=O) groups excluding carboxylic acids is 2. The predicted octanol–water partition coefficient (Wildman–Crippen LogP) is 4.40. The molecule has 0 unspecified atom stereocenters. The van der Waals surface area contributed by atoms with Gasteiger partial charge in [-0.05, 0) is 42.3 Å². The van der Waals surface area contributed by atoms with Crippen LogP contribution in [0.25, 0.3) is 10.4 Å². The number of anilines is 1. The normalized spacial score (nSPS) is 11.1. The molecule has 1 amide bonds. The molecule has 0 aliphatic carbocycles. The van der Waals surface area contributed by atoms with Crippen molar-refractivity contribution in [3.63, 3.8) is 0 Å². The third-order valence-corrected chi connectivity index (χ3v) is 7.65. The first-order chi connectivity index (χ1) is 15.3. The molecule has 9 heteroatoms. The second-order valence-electron chi connectivity index (χ2n) is 6.86. The van der Waals surface area contributed by atoms with Crippen LogP contribution in [0.5, 0.6) is 5.75 Å². The van der Waals surface area contributed by atoms with E-state index < -0.39 is 15.8 Å². The maximum absolute atomic E-state index is 12.5. The lowest BCUT2D eigenvalue weighted by molar-refractivity contribution is -0.116. The number of hydrogen-bond donors (Lipinski definition) is 1. The second-order valence-corrected chi connectivity index (χ2v) is 10.0. The molecule has 3 rings (SSSR count). The first-order valence-electron chi connectivity index (χ1n) is 9.78. The monoisotopic (exact) mass is 473 g/mol. The molecule has 0 radical (unpaired) electrons. The second kappa shape index (κ2) is 10.4. The number of methoxy groups -OCH3 is 2. The van der Waals surface area contributed by atoms with E-state index in [0.717, 1.165) is 10.4 Å². The Bertz CT molecular complexity index is 1180. The van der Waals surface area contributed by atoms with Gasteiger partial charge in [-0.1, -0.05) is 30.3 Å². The summed E-state index contributed by atoms with van der Waals surface area (Å²) < 4.78 is 34.8. The van der Waals surface area contributed by atoms with Gasteiger partial charge in [-0.15, -0.1) is 11.3 Å². The van der Waals surface area contributed by atoms with Crippen LogP contribution in [0.4, 0.5) is 5.69 Å². The third kappa shape index (κ3) is 5.74. The number of benzene rings is 2. The van der Waals surface area contributed by atoms with Crippen LogP contribution < -0.4 is 10.1 Å². The minimum Gasteiger partial charge on any atom is -0.497 e. The van der Waals surface area contributed by atoms with Crippen molar-refractivity contribution >= 4 is 38.7 Å². The van der Waals surface area contributed by atoms with Crippen molar-refractivity contribution in [2.24, 2.45) is 0 Å². The summed E-state index contributed by atoms with van der Waals surface area (Å²) in [6.45, 7) is 0. The highest BCUT2D eigenvalue weighted by molar-refractivity contribution is 7.91. The average molecular weight is 474 g/mol. The Labute approximate surface area is 190 Å². The van der Waals surface area contributed by atoms with Crippen LogP contribution in [-0.2, 0) is 19.4 Å². The average Bonchev–Trinajstić information content (AvgIpc) is 3.22. The maximum Gasteiger partial charge on any atom is 0.350 e. The highest BCUT2D eigenvalue weighted by atomic mass is 32.2. The molecule has 0 saturated carbocycles. The van der Waals surface area contributed by atoms with E-state index in [1.54, 1.807) is 18.2 Å². The summed E-state index contributed by atoms with van der Waals surface area (Å²) in [6.07, 6.45) is 0.135. The zero-order valence-corrected chi connectivity index (χ0v) is 19.3. The van der Waals surface area contributed by atoms with Crippen molar-refractivity contribution in [2.45, 2.75) is 17.7 Å². The molecule has 1 N–H and O–H groups in total. The number of hydrogen-bond acceptors (Lipinski definition) is 7. The summed E-state index contributed by atoms with van der Waals surface area (Å²) in [5, 5.41) is 2.72. The van der Waals surface area contributed by atoms with Gasteiger partial charge in [-0.25, -0.2) is 13.2 Å². The molecule has 3 aromatic rings. The molecule has 7 nitrogen and oxygen atoms in total. The zero-order chi connectivity index (χ0) is 23.1. The number of esters is 1. The van der Waals surface area contributed by atoms with Gasteiger partial charge in [0.2, 0.25) is 5.91 Å². The first-order valence-corrected chi connectivity index (χ1v) is 12.2. The molecule has 1 heterocycles. The van der Waals surface area contributed by atoms with Gasteiger partial charge in [-0.2, -0.15) is 0 Å². The topological polar surface area (TPSA) is 98.8 Å². The van der Waals surface area contributed by atoms with Crippen molar-refractivity contribution in [1.82, 2.24) is 0 Å². The van der Waals surface area contributed by atoms with Gasteiger partial charge in [0.05, 0.1) is 30.6 Å².